The van der Waals surface area contributed by atoms with Gasteiger partial charge < -0.3 is 5.73 Å². The first-order chi connectivity index (χ1) is 6.25. The van der Waals surface area contributed by atoms with Crippen LogP contribution in [0.4, 0.5) is 0 Å². The Balaban J connectivity index is 2.76. The Morgan fingerprint density at radius 1 is 1.15 bits per heavy atom. The second-order valence-corrected chi connectivity index (χ2v) is 2.80. The molecule has 0 amide bonds. The van der Waals surface area contributed by atoms with Crippen molar-refractivity contribution in [3.8, 4) is 0 Å². The molecule has 0 atom stereocenters. The van der Waals surface area contributed by atoms with Gasteiger partial charge in [-0.15, -0.1) is 0 Å². The highest BCUT2D eigenvalue weighted by molar-refractivity contribution is 5.26. The van der Waals surface area contributed by atoms with Crippen molar-refractivity contribution in [1.29, 1.82) is 0 Å². The Kier molecular flexibility index (Phi) is 1.75. The van der Waals surface area contributed by atoms with Gasteiger partial charge in [-0.2, -0.15) is 0 Å². The summed E-state index contributed by atoms with van der Waals surface area (Å²) in [4.78, 5) is 4.18. The van der Waals surface area contributed by atoms with E-state index in [4.69, 9.17) is 11.6 Å². The lowest BCUT2D eigenvalue weighted by molar-refractivity contribution is 0.582. The molecule has 13 heavy (non-hydrogen) atoms. The molecule has 0 unspecified atom stereocenters. The van der Waals surface area contributed by atoms with E-state index in [0.29, 0.717) is 5.82 Å². The van der Waals surface area contributed by atoms with Gasteiger partial charge in [0.2, 0.25) is 0 Å². The van der Waals surface area contributed by atoms with Crippen LogP contribution >= 0.6 is 0 Å². The van der Waals surface area contributed by atoms with Gasteiger partial charge in [0, 0.05) is 11.4 Å². The Labute approximate surface area is 75.4 Å². The van der Waals surface area contributed by atoms with E-state index < -0.39 is 0 Å². The maximum Gasteiger partial charge on any atom is 0.142 e. The SMILES string of the molecule is NC1=CN(N)C=c2ccccc2=N1. The zero-order chi connectivity index (χ0) is 9.26. The largest absolute Gasteiger partial charge is 0.382 e. The van der Waals surface area contributed by atoms with Crippen LogP contribution in [0.25, 0.3) is 6.20 Å². The summed E-state index contributed by atoms with van der Waals surface area (Å²) < 4.78 is 0. The van der Waals surface area contributed by atoms with Crippen LogP contribution < -0.4 is 22.2 Å². The van der Waals surface area contributed by atoms with E-state index in [1.165, 1.54) is 5.01 Å². The summed E-state index contributed by atoms with van der Waals surface area (Å²) in [5, 5.41) is 3.20. The van der Waals surface area contributed by atoms with Gasteiger partial charge in [0.15, 0.2) is 0 Å². The molecule has 0 bridgehead atoms. The summed E-state index contributed by atoms with van der Waals surface area (Å²) in [5.74, 6) is 6.01. The Morgan fingerprint density at radius 3 is 2.77 bits per heavy atom. The van der Waals surface area contributed by atoms with Gasteiger partial charge in [-0.25, -0.2) is 10.8 Å². The fourth-order valence-electron chi connectivity index (χ4n) is 1.22. The fraction of sp³-hybridized carbons (Fsp3) is 0. The van der Waals surface area contributed by atoms with Crippen LogP contribution in [0.3, 0.4) is 0 Å². The van der Waals surface area contributed by atoms with E-state index in [-0.39, 0.29) is 0 Å². The molecule has 1 aliphatic rings. The van der Waals surface area contributed by atoms with Gasteiger partial charge in [-0.3, -0.25) is 5.01 Å². The number of hydrazine groups is 1. The van der Waals surface area contributed by atoms with E-state index in [0.717, 1.165) is 10.6 Å². The normalized spacial score (nSPS) is 14.8. The van der Waals surface area contributed by atoms with Crippen molar-refractivity contribution in [2.24, 2.45) is 16.6 Å². The molecule has 1 aromatic carbocycles. The number of benzene rings is 1. The van der Waals surface area contributed by atoms with Crippen molar-refractivity contribution in [1.82, 2.24) is 5.01 Å². The van der Waals surface area contributed by atoms with E-state index >= 15 is 0 Å². The number of para-hydroxylation sites is 1. The van der Waals surface area contributed by atoms with Crippen LogP contribution in [-0.2, 0) is 0 Å². The minimum atomic E-state index is 0.406. The predicted octanol–water partition coefficient (Wildman–Crippen LogP) is -1.01. The van der Waals surface area contributed by atoms with Crippen LogP contribution in [0.5, 0.6) is 0 Å². The van der Waals surface area contributed by atoms with Crippen LogP contribution in [0.1, 0.15) is 0 Å². The van der Waals surface area contributed by atoms with Gasteiger partial charge in [0.25, 0.3) is 0 Å². The Bertz CT molecular complexity index is 461. The van der Waals surface area contributed by atoms with Gasteiger partial charge in [-0.1, -0.05) is 18.2 Å². The Hall–Kier alpha value is -1.81. The summed E-state index contributed by atoms with van der Waals surface area (Å²) in [6, 6.07) is 7.67. The van der Waals surface area contributed by atoms with E-state index in [1.807, 2.05) is 24.3 Å². The smallest absolute Gasteiger partial charge is 0.142 e. The molecule has 0 aromatic heterocycles. The first-order valence-corrected chi connectivity index (χ1v) is 3.92. The zero-order valence-electron chi connectivity index (χ0n) is 7.01. The number of fused-ring (bicyclic) bond motifs is 1. The highest BCUT2D eigenvalue weighted by Crippen LogP contribution is 1.90. The van der Waals surface area contributed by atoms with Crippen LogP contribution in [0.15, 0.2) is 41.3 Å². The highest BCUT2D eigenvalue weighted by atomic mass is 15.4. The molecule has 0 spiro atoms. The van der Waals surface area contributed by atoms with Gasteiger partial charge >= 0.3 is 0 Å². The first kappa shape index (κ1) is 7.82. The molecule has 66 valence electrons. The van der Waals surface area contributed by atoms with Crippen molar-refractivity contribution in [3.05, 3.63) is 46.9 Å². The van der Waals surface area contributed by atoms with Crippen LogP contribution in [-0.4, -0.2) is 5.01 Å². The zero-order valence-corrected chi connectivity index (χ0v) is 7.01. The molecule has 1 aromatic rings. The predicted molar refractivity (Wildman–Crippen MR) is 50.0 cm³/mol. The molecule has 0 saturated heterocycles. The molecule has 0 fully saturated rings. The average molecular weight is 174 g/mol. The summed E-state index contributed by atoms with van der Waals surface area (Å²) >= 11 is 0. The number of nitrogens with two attached hydrogens (primary N) is 2. The topological polar surface area (TPSA) is 67.6 Å². The second-order valence-electron chi connectivity index (χ2n) is 2.80. The molecule has 0 aliphatic carbocycles. The number of nitrogens with zero attached hydrogens (tertiary/aromatic N) is 2. The third-order valence-corrected chi connectivity index (χ3v) is 1.76. The number of hydrogen-bond acceptors (Lipinski definition) is 4. The molecule has 4 heteroatoms. The van der Waals surface area contributed by atoms with E-state index in [2.05, 4.69) is 4.99 Å². The average Bonchev–Trinajstić information content (AvgIpc) is 2.20. The molecule has 4 nitrogen and oxygen atoms in total. The van der Waals surface area contributed by atoms with E-state index in [1.54, 1.807) is 12.4 Å². The van der Waals surface area contributed by atoms with E-state index in [9.17, 15) is 0 Å². The van der Waals surface area contributed by atoms with Crippen LogP contribution in [0.2, 0.25) is 0 Å². The molecule has 0 saturated carbocycles. The Morgan fingerprint density at radius 2 is 1.92 bits per heavy atom. The fourth-order valence-corrected chi connectivity index (χ4v) is 1.22. The molecular formula is C9H10N4. The lowest BCUT2D eigenvalue weighted by Crippen LogP contribution is -2.28. The summed E-state index contributed by atoms with van der Waals surface area (Å²) in [5.41, 5.74) is 5.59. The maximum atomic E-state index is 5.60. The molecule has 1 heterocycles. The van der Waals surface area contributed by atoms with Crippen molar-refractivity contribution in [2.45, 2.75) is 0 Å². The standard InChI is InChI=1S/C9H10N4/c10-9-6-13(11)5-7-3-1-2-4-8(7)12-9/h1-6H,10-11H2. The molecule has 2 rings (SSSR count). The van der Waals surface area contributed by atoms with Crippen molar-refractivity contribution in [2.75, 3.05) is 0 Å². The highest BCUT2D eigenvalue weighted by Gasteiger charge is 1.96. The van der Waals surface area contributed by atoms with Crippen molar-refractivity contribution >= 4 is 6.20 Å². The van der Waals surface area contributed by atoms with Crippen LogP contribution in [0, 0.1) is 0 Å². The quantitative estimate of drug-likeness (QED) is 0.495. The second kappa shape index (κ2) is 2.91. The minimum Gasteiger partial charge on any atom is -0.382 e. The maximum absolute atomic E-state index is 5.60. The third kappa shape index (κ3) is 1.52. The van der Waals surface area contributed by atoms with Crippen molar-refractivity contribution < 1.29 is 0 Å². The summed E-state index contributed by atoms with van der Waals surface area (Å²) in [6.07, 6.45) is 3.35. The molecular weight excluding hydrogens is 164 g/mol. The lowest BCUT2D eigenvalue weighted by Gasteiger charge is -2.04. The molecule has 1 aliphatic heterocycles. The lowest BCUT2D eigenvalue weighted by atomic mass is 10.3. The monoisotopic (exact) mass is 174 g/mol. The first-order valence-electron chi connectivity index (χ1n) is 3.92. The summed E-state index contributed by atoms with van der Waals surface area (Å²) in [6.45, 7) is 0. The minimum absolute atomic E-state index is 0.406. The van der Waals surface area contributed by atoms with Gasteiger partial charge in [-0.05, 0) is 6.07 Å². The van der Waals surface area contributed by atoms with Crippen molar-refractivity contribution in [3.63, 3.8) is 0 Å². The molecule has 4 N–H and O–H groups in total. The summed E-state index contributed by atoms with van der Waals surface area (Å²) in [7, 11) is 0. The molecule has 0 radical (unpaired) electrons. The number of hydrogen-bond donors (Lipinski definition) is 2. The number of rotatable bonds is 0. The van der Waals surface area contributed by atoms with Gasteiger partial charge in [0.1, 0.15) is 5.82 Å². The third-order valence-electron chi connectivity index (χ3n) is 1.76. The van der Waals surface area contributed by atoms with Gasteiger partial charge in [0.05, 0.1) is 11.6 Å².